The van der Waals surface area contributed by atoms with Gasteiger partial charge in [-0.05, 0) is 93.0 Å². The molecule has 192 valence electrons. The zero-order valence-corrected chi connectivity index (χ0v) is 21.4. The van der Waals surface area contributed by atoms with Gasteiger partial charge in [0, 0.05) is 37.0 Å². The van der Waals surface area contributed by atoms with E-state index < -0.39 is 15.9 Å². The summed E-state index contributed by atoms with van der Waals surface area (Å²) in [5.41, 5.74) is 0.904. The van der Waals surface area contributed by atoms with Gasteiger partial charge in [0.2, 0.25) is 15.9 Å². The molecule has 4 fully saturated rings. The van der Waals surface area contributed by atoms with Crippen molar-refractivity contribution in [2.24, 2.45) is 17.8 Å². The molecular weight excluding hydrogens is 485 g/mol. The van der Waals surface area contributed by atoms with Crippen LogP contribution in [-0.2, 0) is 15.4 Å². The van der Waals surface area contributed by atoms with Crippen LogP contribution in [-0.4, -0.2) is 44.1 Å². The minimum Gasteiger partial charge on any atom is -0.303 e. The molecular formula is C25H36ClF3N2O2S. The zero-order chi connectivity index (χ0) is 23.4. The van der Waals surface area contributed by atoms with E-state index in [2.05, 4.69) is 16.5 Å². The lowest BCUT2D eigenvalue weighted by molar-refractivity contribution is -0.0468. The first kappa shape index (κ1) is 26.1. The van der Waals surface area contributed by atoms with Crippen LogP contribution in [0.5, 0.6) is 0 Å². The quantitative estimate of drug-likeness (QED) is 0.436. The standard InChI is InChI=1S/C25H35F3N2O2S.ClH/c1-2-25(20-14-18(5-8-23(20)26)29-33(31,32)19-6-7-19)21-15-30(16-22(21)25)13-3-4-17-9-11-24(27,28)12-10-17;/h5,8,14,17,19,21-22,29H,2-4,6-7,9-13,15-16H2,1H3;1H/t21-,22+,25+;. The van der Waals surface area contributed by atoms with E-state index in [4.69, 9.17) is 0 Å². The SMILES string of the molecule is CC[C@]1(c2cc(NS(=O)(=O)C3CC3)ccc2F)[C@@H]2CN(CCCC3CCC(F)(F)CC3)C[C@@H]21.Cl. The van der Waals surface area contributed by atoms with Crippen molar-refractivity contribution in [3.8, 4) is 0 Å². The fraction of sp³-hybridized carbons (Fsp3) is 0.760. The number of hydrogen-bond acceptors (Lipinski definition) is 3. The van der Waals surface area contributed by atoms with Crippen LogP contribution < -0.4 is 4.72 Å². The number of anilines is 1. The third kappa shape index (κ3) is 4.96. The Morgan fingerprint density at radius 3 is 2.32 bits per heavy atom. The molecule has 0 aromatic heterocycles. The van der Waals surface area contributed by atoms with E-state index in [0.29, 0.717) is 54.7 Å². The summed E-state index contributed by atoms with van der Waals surface area (Å²) in [6.45, 7) is 4.93. The largest absolute Gasteiger partial charge is 0.303 e. The topological polar surface area (TPSA) is 49.4 Å². The molecule has 1 aliphatic heterocycles. The van der Waals surface area contributed by atoms with Gasteiger partial charge in [-0.15, -0.1) is 12.4 Å². The fourth-order valence-corrected chi connectivity index (χ4v) is 8.05. The maximum absolute atomic E-state index is 14.9. The molecule has 1 aromatic rings. The second-order valence-electron chi connectivity index (χ2n) is 10.8. The molecule has 0 spiro atoms. The van der Waals surface area contributed by atoms with Crippen molar-refractivity contribution in [2.75, 3.05) is 24.4 Å². The van der Waals surface area contributed by atoms with Gasteiger partial charge in [-0.3, -0.25) is 4.72 Å². The number of alkyl halides is 2. The smallest absolute Gasteiger partial charge is 0.248 e. The Labute approximate surface area is 207 Å². The first-order valence-electron chi connectivity index (χ1n) is 12.6. The highest BCUT2D eigenvalue weighted by molar-refractivity contribution is 7.93. The molecule has 0 unspecified atom stereocenters. The molecule has 0 radical (unpaired) electrons. The first-order valence-corrected chi connectivity index (χ1v) is 14.1. The van der Waals surface area contributed by atoms with Crippen molar-refractivity contribution < 1.29 is 21.6 Å². The summed E-state index contributed by atoms with van der Waals surface area (Å²) in [5.74, 6) is -1.50. The Hall–Kier alpha value is -0.990. The van der Waals surface area contributed by atoms with Crippen molar-refractivity contribution in [3.05, 3.63) is 29.6 Å². The lowest BCUT2D eigenvalue weighted by atomic mass is 9.84. The Balaban J connectivity index is 0.00000274. The maximum atomic E-state index is 14.9. The van der Waals surface area contributed by atoms with Gasteiger partial charge >= 0.3 is 0 Å². The van der Waals surface area contributed by atoms with Gasteiger partial charge in [0.1, 0.15) is 5.82 Å². The molecule has 3 atom stereocenters. The summed E-state index contributed by atoms with van der Waals surface area (Å²) >= 11 is 0. The lowest BCUT2D eigenvalue weighted by Gasteiger charge is -2.30. The van der Waals surface area contributed by atoms with Crippen molar-refractivity contribution in [1.82, 2.24) is 4.90 Å². The van der Waals surface area contributed by atoms with Gasteiger partial charge in [-0.25, -0.2) is 21.6 Å². The fourth-order valence-electron chi connectivity index (χ4n) is 6.68. The number of piperidine rings is 1. The molecule has 1 N–H and O–H groups in total. The molecule has 4 nitrogen and oxygen atoms in total. The van der Waals surface area contributed by atoms with Crippen LogP contribution in [0.3, 0.4) is 0 Å². The summed E-state index contributed by atoms with van der Waals surface area (Å²) in [6, 6.07) is 4.64. The van der Waals surface area contributed by atoms with Crippen LogP contribution in [0.1, 0.15) is 70.3 Å². The number of nitrogens with zero attached hydrogens (tertiary/aromatic N) is 1. The van der Waals surface area contributed by atoms with Crippen molar-refractivity contribution in [3.63, 3.8) is 0 Å². The molecule has 3 saturated carbocycles. The zero-order valence-electron chi connectivity index (χ0n) is 19.7. The summed E-state index contributed by atoms with van der Waals surface area (Å²) in [5, 5.41) is -0.315. The number of likely N-dealkylation sites (tertiary alicyclic amines) is 1. The maximum Gasteiger partial charge on any atom is 0.248 e. The van der Waals surface area contributed by atoms with E-state index in [0.717, 1.165) is 38.9 Å². The number of sulfonamides is 1. The summed E-state index contributed by atoms with van der Waals surface area (Å²) < 4.78 is 68.9. The molecule has 4 aliphatic rings. The molecule has 0 amide bonds. The van der Waals surface area contributed by atoms with E-state index in [-0.39, 0.29) is 41.7 Å². The Morgan fingerprint density at radius 1 is 1.09 bits per heavy atom. The second kappa shape index (κ2) is 9.47. The van der Waals surface area contributed by atoms with Crippen molar-refractivity contribution in [2.45, 2.75) is 81.3 Å². The number of rotatable bonds is 9. The van der Waals surface area contributed by atoms with Crippen LogP contribution in [0.25, 0.3) is 0 Å². The normalized spacial score (nSPS) is 31.1. The highest BCUT2D eigenvalue weighted by Crippen LogP contribution is 2.66. The number of halogens is 4. The van der Waals surface area contributed by atoms with Gasteiger partial charge < -0.3 is 4.90 Å². The summed E-state index contributed by atoms with van der Waals surface area (Å²) in [7, 11) is -3.38. The van der Waals surface area contributed by atoms with E-state index in [1.165, 1.54) is 12.1 Å². The third-order valence-electron chi connectivity index (χ3n) is 8.81. The van der Waals surface area contributed by atoms with E-state index >= 15 is 0 Å². The summed E-state index contributed by atoms with van der Waals surface area (Å²) in [4.78, 5) is 2.44. The van der Waals surface area contributed by atoms with Gasteiger partial charge in [0.25, 0.3) is 0 Å². The molecule has 1 aromatic carbocycles. The monoisotopic (exact) mass is 520 g/mol. The average Bonchev–Trinajstić information content (AvgIpc) is 3.67. The first-order chi connectivity index (χ1) is 15.6. The average molecular weight is 521 g/mol. The van der Waals surface area contributed by atoms with Gasteiger partial charge in [-0.1, -0.05) is 6.92 Å². The Bertz CT molecular complexity index is 980. The van der Waals surface area contributed by atoms with Crippen LogP contribution >= 0.6 is 12.4 Å². The predicted molar refractivity (Wildman–Crippen MR) is 131 cm³/mol. The Kier molecular flexibility index (Phi) is 7.27. The Morgan fingerprint density at radius 2 is 1.74 bits per heavy atom. The molecule has 5 rings (SSSR count). The minimum atomic E-state index is -3.38. The molecule has 9 heteroatoms. The van der Waals surface area contributed by atoms with E-state index in [1.807, 2.05) is 0 Å². The lowest BCUT2D eigenvalue weighted by Crippen LogP contribution is -2.32. The van der Waals surface area contributed by atoms with Crippen LogP contribution in [0.15, 0.2) is 18.2 Å². The number of nitrogens with one attached hydrogen (secondary N) is 1. The van der Waals surface area contributed by atoms with E-state index in [9.17, 15) is 21.6 Å². The molecule has 34 heavy (non-hydrogen) atoms. The molecule has 1 saturated heterocycles. The highest BCUT2D eigenvalue weighted by Gasteiger charge is 2.68. The summed E-state index contributed by atoms with van der Waals surface area (Å²) in [6.07, 6.45) is 5.60. The van der Waals surface area contributed by atoms with Crippen LogP contribution in [0.4, 0.5) is 18.9 Å². The predicted octanol–water partition coefficient (Wildman–Crippen LogP) is 5.97. The number of hydrogen-bond donors (Lipinski definition) is 1. The number of fused-ring (bicyclic) bond motifs is 1. The minimum absolute atomic E-state index is 0. The van der Waals surface area contributed by atoms with Crippen molar-refractivity contribution >= 4 is 28.1 Å². The van der Waals surface area contributed by atoms with Gasteiger partial charge in [0.05, 0.1) is 5.25 Å². The van der Waals surface area contributed by atoms with Gasteiger partial charge in [0.15, 0.2) is 0 Å². The third-order valence-corrected chi connectivity index (χ3v) is 10.7. The van der Waals surface area contributed by atoms with Crippen LogP contribution in [0.2, 0.25) is 0 Å². The van der Waals surface area contributed by atoms with Crippen LogP contribution in [0, 0.1) is 23.6 Å². The second-order valence-corrected chi connectivity index (χ2v) is 12.8. The highest BCUT2D eigenvalue weighted by atomic mass is 35.5. The number of benzene rings is 1. The van der Waals surface area contributed by atoms with Gasteiger partial charge in [-0.2, -0.15) is 0 Å². The van der Waals surface area contributed by atoms with E-state index in [1.54, 1.807) is 6.07 Å². The molecule has 1 heterocycles. The molecule has 3 aliphatic carbocycles. The van der Waals surface area contributed by atoms with Crippen molar-refractivity contribution in [1.29, 1.82) is 0 Å². The molecule has 0 bridgehead atoms.